The van der Waals surface area contributed by atoms with Gasteiger partial charge in [-0.1, -0.05) is 18.2 Å². The number of hydrogen-bond acceptors (Lipinski definition) is 3. The van der Waals surface area contributed by atoms with Crippen molar-refractivity contribution >= 4 is 11.6 Å². The number of pyridine rings is 1. The lowest BCUT2D eigenvalue weighted by atomic mass is 9.95. The highest BCUT2D eigenvalue weighted by atomic mass is 19.4. The molecular formula is C21H18F3N3O. The van der Waals surface area contributed by atoms with Crippen LogP contribution in [0.3, 0.4) is 0 Å². The summed E-state index contributed by atoms with van der Waals surface area (Å²) >= 11 is 0. The van der Waals surface area contributed by atoms with Gasteiger partial charge in [-0.3, -0.25) is 14.8 Å². The van der Waals surface area contributed by atoms with Crippen LogP contribution in [0.25, 0.3) is 0 Å². The standard InChI is InChI=1S/C21H18F3N3O/c22-21(23,24)18-4-2-1-3-15(18)11-19(28)27-10-7-16-12-26-20(17(16)13-27)14-5-8-25-9-6-14/h1-6,8-9H,7,10-13H2. The van der Waals surface area contributed by atoms with Gasteiger partial charge in [-0.25, -0.2) is 0 Å². The Balaban J connectivity index is 1.52. The van der Waals surface area contributed by atoms with Crippen molar-refractivity contribution in [3.63, 3.8) is 0 Å². The van der Waals surface area contributed by atoms with E-state index in [9.17, 15) is 18.0 Å². The van der Waals surface area contributed by atoms with E-state index < -0.39 is 11.7 Å². The Bertz CT molecular complexity index is 964. The molecule has 0 bridgehead atoms. The Morgan fingerprint density at radius 1 is 1.11 bits per heavy atom. The zero-order valence-electron chi connectivity index (χ0n) is 15.0. The Morgan fingerprint density at radius 2 is 1.86 bits per heavy atom. The smallest absolute Gasteiger partial charge is 0.338 e. The van der Waals surface area contributed by atoms with Gasteiger partial charge in [0.2, 0.25) is 5.91 Å². The fourth-order valence-corrected chi connectivity index (χ4v) is 3.70. The summed E-state index contributed by atoms with van der Waals surface area (Å²) < 4.78 is 39.6. The second-order valence-corrected chi connectivity index (χ2v) is 6.88. The van der Waals surface area contributed by atoms with Crippen molar-refractivity contribution in [2.45, 2.75) is 19.0 Å². The summed E-state index contributed by atoms with van der Waals surface area (Å²) in [6.45, 7) is 1.50. The highest BCUT2D eigenvalue weighted by Crippen LogP contribution is 2.33. The molecule has 4 rings (SSSR count). The highest BCUT2D eigenvalue weighted by Gasteiger charge is 2.34. The molecule has 1 aromatic heterocycles. The van der Waals surface area contributed by atoms with Gasteiger partial charge in [0, 0.05) is 31.0 Å². The lowest BCUT2D eigenvalue weighted by molar-refractivity contribution is -0.138. The van der Waals surface area contributed by atoms with Crippen molar-refractivity contribution in [3.05, 3.63) is 76.6 Å². The summed E-state index contributed by atoms with van der Waals surface area (Å²) in [7, 11) is 0. The minimum atomic E-state index is -4.47. The summed E-state index contributed by atoms with van der Waals surface area (Å²) in [5.74, 6) is -0.302. The van der Waals surface area contributed by atoms with Crippen LogP contribution in [0.1, 0.15) is 23.1 Å². The van der Waals surface area contributed by atoms with Gasteiger partial charge < -0.3 is 4.90 Å². The van der Waals surface area contributed by atoms with Gasteiger partial charge in [-0.05, 0) is 41.3 Å². The number of benzene rings is 1. The molecule has 2 aromatic rings. The molecule has 2 aliphatic heterocycles. The molecule has 0 aliphatic carbocycles. The zero-order valence-corrected chi connectivity index (χ0v) is 15.0. The minimum Gasteiger partial charge on any atom is -0.338 e. The van der Waals surface area contributed by atoms with Gasteiger partial charge in [0.25, 0.3) is 0 Å². The largest absolute Gasteiger partial charge is 0.416 e. The number of nitrogens with zero attached hydrogens (tertiary/aromatic N) is 3. The number of aliphatic imine (C=N–C) groups is 1. The molecule has 0 saturated carbocycles. The van der Waals surface area contributed by atoms with Crippen LogP contribution in [0.15, 0.2) is 64.9 Å². The molecule has 7 heteroatoms. The Hall–Kier alpha value is -2.96. The van der Waals surface area contributed by atoms with Crippen LogP contribution in [0.4, 0.5) is 13.2 Å². The summed E-state index contributed by atoms with van der Waals surface area (Å²) in [6.07, 6.45) is -0.659. The first-order chi connectivity index (χ1) is 13.4. The quantitative estimate of drug-likeness (QED) is 0.809. The van der Waals surface area contributed by atoms with Crippen molar-refractivity contribution < 1.29 is 18.0 Å². The Labute approximate surface area is 160 Å². The van der Waals surface area contributed by atoms with Gasteiger partial charge in [0.05, 0.1) is 24.2 Å². The van der Waals surface area contributed by atoms with E-state index in [1.165, 1.54) is 23.8 Å². The molecule has 0 unspecified atom stereocenters. The molecule has 0 saturated heterocycles. The maximum atomic E-state index is 13.2. The first-order valence-electron chi connectivity index (χ1n) is 9.02. The summed E-state index contributed by atoms with van der Waals surface area (Å²) in [5, 5.41) is 0. The average molecular weight is 385 g/mol. The molecule has 1 amide bonds. The molecular weight excluding hydrogens is 367 g/mol. The Kier molecular flexibility index (Phi) is 4.75. The maximum Gasteiger partial charge on any atom is 0.416 e. The molecule has 0 spiro atoms. The van der Waals surface area contributed by atoms with E-state index in [4.69, 9.17) is 0 Å². The number of carbonyl (C=O) groups is 1. The lowest BCUT2D eigenvalue weighted by Gasteiger charge is -2.29. The van der Waals surface area contributed by atoms with Crippen LogP contribution in [0.2, 0.25) is 0 Å². The van der Waals surface area contributed by atoms with E-state index in [1.54, 1.807) is 17.3 Å². The number of rotatable bonds is 3. The van der Waals surface area contributed by atoms with Gasteiger partial charge in [0.1, 0.15) is 0 Å². The maximum absolute atomic E-state index is 13.2. The SMILES string of the molecule is O=C(Cc1ccccc1C(F)(F)F)N1CCC2=C(C1)C(c1ccncc1)=NC2. The number of halogens is 3. The summed E-state index contributed by atoms with van der Waals surface area (Å²) in [4.78, 5) is 23.0. The zero-order chi connectivity index (χ0) is 19.7. The fourth-order valence-electron chi connectivity index (χ4n) is 3.70. The van der Waals surface area contributed by atoms with Gasteiger partial charge in [0.15, 0.2) is 0 Å². The number of amides is 1. The van der Waals surface area contributed by atoms with Crippen LogP contribution in [-0.4, -0.2) is 41.1 Å². The number of hydrogen-bond donors (Lipinski definition) is 0. The predicted molar refractivity (Wildman–Crippen MR) is 99.0 cm³/mol. The summed E-state index contributed by atoms with van der Waals surface area (Å²) in [5.41, 5.74) is 3.26. The van der Waals surface area contributed by atoms with E-state index in [0.717, 1.165) is 22.9 Å². The van der Waals surface area contributed by atoms with E-state index >= 15 is 0 Å². The van der Waals surface area contributed by atoms with Crippen molar-refractivity contribution in [2.75, 3.05) is 19.6 Å². The number of aromatic nitrogens is 1. The first kappa shape index (κ1) is 18.4. The van der Waals surface area contributed by atoms with E-state index in [0.29, 0.717) is 26.1 Å². The van der Waals surface area contributed by atoms with Crippen LogP contribution in [0, 0.1) is 0 Å². The molecule has 0 fully saturated rings. The van der Waals surface area contributed by atoms with Crippen LogP contribution in [0.5, 0.6) is 0 Å². The van der Waals surface area contributed by atoms with Crippen molar-refractivity contribution in [1.29, 1.82) is 0 Å². The minimum absolute atomic E-state index is 0.00854. The molecule has 0 radical (unpaired) electrons. The van der Waals surface area contributed by atoms with E-state index in [2.05, 4.69) is 9.98 Å². The van der Waals surface area contributed by atoms with Gasteiger partial charge in [-0.2, -0.15) is 13.2 Å². The topological polar surface area (TPSA) is 45.6 Å². The molecule has 144 valence electrons. The molecule has 4 nitrogen and oxygen atoms in total. The van der Waals surface area contributed by atoms with Crippen molar-refractivity contribution in [3.8, 4) is 0 Å². The third kappa shape index (κ3) is 3.56. The second-order valence-electron chi connectivity index (χ2n) is 6.88. The number of carbonyl (C=O) groups excluding carboxylic acids is 1. The molecule has 0 N–H and O–H groups in total. The number of alkyl halides is 3. The second kappa shape index (κ2) is 7.22. The lowest BCUT2D eigenvalue weighted by Crippen LogP contribution is -2.39. The van der Waals surface area contributed by atoms with E-state index in [1.807, 2.05) is 12.1 Å². The van der Waals surface area contributed by atoms with Crippen LogP contribution >= 0.6 is 0 Å². The molecule has 2 aliphatic rings. The molecule has 28 heavy (non-hydrogen) atoms. The van der Waals surface area contributed by atoms with Gasteiger partial charge in [-0.15, -0.1) is 0 Å². The molecule has 3 heterocycles. The van der Waals surface area contributed by atoms with Gasteiger partial charge >= 0.3 is 6.18 Å². The third-order valence-electron chi connectivity index (χ3n) is 5.14. The molecule has 0 atom stereocenters. The monoisotopic (exact) mass is 385 g/mol. The average Bonchev–Trinajstić information content (AvgIpc) is 3.11. The summed E-state index contributed by atoms with van der Waals surface area (Å²) in [6, 6.07) is 8.99. The highest BCUT2D eigenvalue weighted by molar-refractivity contribution is 6.15. The predicted octanol–water partition coefficient (Wildman–Crippen LogP) is 3.67. The first-order valence-corrected chi connectivity index (χ1v) is 9.02. The van der Waals surface area contributed by atoms with Crippen LogP contribution < -0.4 is 0 Å². The van der Waals surface area contributed by atoms with E-state index in [-0.39, 0.29) is 17.9 Å². The van der Waals surface area contributed by atoms with Crippen molar-refractivity contribution in [1.82, 2.24) is 9.88 Å². The third-order valence-corrected chi connectivity index (χ3v) is 5.14. The van der Waals surface area contributed by atoms with Crippen molar-refractivity contribution in [2.24, 2.45) is 4.99 Å². The molecule has 1 aromatic carbocycles. The fraction of sp³-hybridized carbons (Fsp3) is 0.286. The normalized spacial score (nSPS) is 16.8. The van der Waals surface area contributed by atoms with Crippen LogP contribution in [-0.2, 0) is 17.4 Å². The Morgan fingerprint density at radius 3 is 2.61 bits per heavy atom.